The second-order valence-electron chi connectivity index (χ2n) is 4.39. The van der Waals surface area contributed by atoms with Crippen LogP contribution in [0, 0.1) is 6.92 Å². The fraction of sp³-hybridized carbons (Fsp3) is 0.385. The number of hydrogen-bond acceptors (Lipinski definition) is 2. The average Bonchev–Trinajstić information content (AvgIpc) is 2.42. The lowest BCUT2D eigenvalue weighted by Gasteiger charge is -2.26. The molecule has 0 spiro atoms. The molecule has 2 nitrogen and oxygen atoms in total. The Labute approximate surface area is 89.9 Å². The zero-order valence-electron chi connectivity index (χ0n) is 8.92. The Balaban J connectivity index is 2.20. The first-order valence-corrected chi connectivity index (χ1v) is 5.50. The largest absolute Gasteiger partial charge is 0.465 e. The highest BCUT2D eigenvalue weighted by molar-refractivity contribution is 5.48. The Hall–Kier alpha value is -1.28. The minimum atomic E-state index is 0.586. The molecule has 0 saturated heterocycles. The van der Waals surface area contributed by atoms with Gasteiger partial charge in [-0.3, -0.25) is 0 Å². The first-order valence-electron chi connectivity index (χ1n) is 5.50. The van der Waals surface area contributed by atoms with Crippen LogP contribution in [0.5, 0.6) is 5.75 Å². The van der Waals surface area contributed by atoms with Crippen LogP contribution in [0.15, 0.2) is 24.5 Å². The van der Waals surface area contributed by atoms with Crippen LogP contribution in [-0.4, -0.2) is 6.54 Å². The minimum Gasteiger partial charge on any atom is -0.465 e. The van der Waals surface area contributed by atoms with Crippen molar-refractivity contribution in [1.82, 2.24) is 5.32 Å². The topological polar surface area (TPSA) is 21.3 Å². The van der Waals surface area contributed by atoms with Gasteiger partial charge in [0.25, 0.3) is 0 Å². The molecule has 0 aromatic heterocycles. The molecule has 0 radical (unpaired) electrons. The number of allylic oxidation sites excluding steroid dienone is 1. The molecule has 0 amide bonds. The van der Waals surface area contributed by atoms with E-state index in [1.165, 1.54) is 16.7 Å². The van der Waals surface area contributed by atoms with Gasteiger partial charge in [0.1, 0.15) is 5.75 Å². The predicted octanol–water partition coefficient (Wildman–Crippen LogP) is 2.48. The number of nitrogens with one attached hydrogen (secondary N) is 1. The molecule has 0 fully saturated rings. The van der Waals surface area contributed by atoms with Gasteiger partial charge >= 0.3 is 0 Å². The molecular weight excluding hydrogens is 186 g/mol. The number of benzene rings is 1. The van der Waals surface area contributed by atoms with Crippen LogP contribution >= 0.6 is 0 Å². The lowest BCUT2D eigenvalue weighted by Crippen LogP contribution is -2.28. The summed E-state index contributed by atoms with van der Waals surface area (Å²) >= 11 is 0. The summed E-state index contributed by atoms with van der Waals surface area (Å²) in [6, 6.07) is 4.42. The van der Waals surface area contributed by atoms with Gasteiger partial charge in [0.05, 0.1) is 6.26 Å². The summed E-state index contributed by atoms with van der Waals surface area (Å²) in [5, 5.41) is 3.47. The summed E-state index contributed by atoms with van der Waals surface area (Å²) in [5.74, 6) is 1.65. The Kier molecular flexibility index (Phi) is 2.03. The fourth-order valence-corrected chi connectivity index (χ4v) is 2.57. The maximum atomic E-state index is 5.67. The maximum absolute atomic E-state index is 5.67. The molecule has 15 heavy (non-hydrogen) atoms. The third kappa shape index (κ3) is 1.45. The molecule has 2 heterocycles. The van der Waals surface area contributed by atoms with Crippen molar-refractivity contribution in [3.8, 4) is 5.75 Å². The zero-order chi connectivity index (χ0) is 10.3. The van der Waals surface area contributed by atoms with Crippen molar-refractivity contribution < 1.29 is 4.74 Å². The highest BCUT2D eigenvalue weighted by Gasteiger charge is 2.24. The van der Waals surface area contributed by atoms with E-state index in [2.05, 4.69) is 30.4 Å². The van der Waals surface area contributed by atoms with Crippen LogP contribution in [0.25, 0.3) is 0 Å². The van der Waals surface area contributed by atoms with E-state index >= 15 is 0 Å². The molecule has 0 aliphatic carbocycles. The molecule has 1 aromatic rings. The first-order chi connectivity index (χ1) is 7.34. The molecule has 1 unspecified atom stereocenters. The lowest BCUT2D eigenvalue weighted by molar-refractivity contribution is 0.467. The van der Waals surface area contributed by atoms with Gasteiger partial charge in [-0.25, -0.2) is 0 Å². The summed E-state index contributed by atoms with van der Waals surface area (Å²) < 4.78 is 5.67. The molecule has 2 heteroatoms. The van der Waals surface area contributed by atoms with E-state index in [1.54, 1.807) is 0 Å². The van der Waals surface area contributed by atoms with Crippen molar-refractivity contribution in [3.63, 3.8) is 0 Å². The molecule has 0 bridgehead atoms. The van der Waals surface area contributed by atoms with Gasteiger partial charge < -0.3 is 10.1 Å². The highest BCUT2D eigenvalue weighted by Crippen LogP contribution is 2.37. The summed E-state index contributed by atoms with van der Waals surface area (Å²) in [6.07, 6.45) is 5.03. The van der Waals surface area contributed by atoms with Crippen LogP contribution in [0.2, 0.25) is 0 Å². The van der Waals surface area contributed by atoms with E-state index in [0.29, 0.717) is 5.92 Å². The number of hydrogen-bond donors (Lipinski definition) is 1. The van der Waals surface area contributed by atoms with E-state index < -0.39 is 0 Å². The Bertz CT molecular complexity index is 423. The molecule has 1 N–H and O–H groups in total. The third-order valence-corrected chi connectivity index (χ3v) is 3.20. The summed E-state index contributed by atoms with van der Waals surface area (Å²) in [5.41, 5.74) is 4.11. The van der Waals surface area contributed by atoms with Crippen molar-refractivity contribution in [3.05, 3.63) is 41.2 Å². The highest BCUT2D eigenvalue weighted by atomic mass is 16.5. The SMILES string of the molecule is Cc1cc2c3c(c1)OC=CCC3CNC2. The summed E-state index contributed by atoms with van der Waals surface area (Å²) in [6.45, 7) is 4.17. The van der Waals surface area contributed by atoms with Crippen molar-refractivity contribution in [2.45, 2.75) is 25.8 Å². The van der Waals surface area contributed by atoms with Crippen molar-refractivity contribution in [2.75, 3.05) is 6.54 Å². The van der Waals surface area contributed by atoms with Gasteiger partial charge in [0.15, 0.2) is 0 Å². The van der Waals surface area contributed by atoms with Crippen LogP contribution in [0.1, 0.15) is 29.0 Å². The van der Waals surface area contributed by atoms with Gasteiger partial charge in [0, 0.05) is 24.6 Å². The normalized spacial score (nSPS) is 22.9. The van der Waals surface area contributed by atoms with Crippen molar-refractivity contribution >= 4 is 0 Å². The van der Waals surface area contributed by atoms with Gasteiger partial charge in [-0.1, -0.05) is 6.07 Å². The second-order valence-corrected chi connectivity index (χ2v) is 4.39. The van der Waals surface area contributed by atoms with Gasteiger partial charge in [0.2, 0.25) is 0 Å². The van der Waals surface area contributed by atoms with Gasteiger partial charge in [-0.15, -0.1) is 0 Å². The van der Waals surface area contributed by atoms with E-state index in [-0.39, 0.29) is 0 Å². The van der Waals surface area contributed by atoms with Crippen LogP contribution in [0.4, 0.5) is 0 Å². The third-order valence-electron chi connectivity index (χ3n) is 3.20. The lowest BCUT2D eigenvalue weighted by atomic mass is 9.87. The molecule has 1 aromatic carbocycles. The number of aryl methyl sites for hydroxylation is 1. The maximum Gasteiger partial charge on any atom is 0.130 e. The minimum absolute atomic E-state index is 0.586. The summed E-state index contributed by atoms with van der Waals surface area (Å²) in [4.78, 5) is 0. The smallest absolute Gasteiger partial charge is 0.130 e. The van der Waals surface area contributed by atoms with E-state index in [1.807, 2.05) is 6.26 Å². The van der Waals surface area contributed by atoms with Gasteiger partial charge in [-0.2, -0.15) is 0 Å². The predicted molar refractivity (Wildman–Crippen MR) is 60.0 cm³/mol. The van der Waals surface area contributed by atoms with Crippen molar-refractivity contribution in [2.24, 2.45) is 0 Å². The Morgan fingerprint density at radius 1 is 1.40 bits per heavy atom. The zero-order valence-corrected chi connectivity index (χ0v) is 8.92. The van der Waals surface area contributed by atoms with Crippen molar-refractivity contribution in [1.29, 1.82) is 0 Å². The average molecular weight is 201 g/mol. The van der Waals surface area contributed by atoms with E-state index in [4.69, 9.17) is 4.74 Å². The monoisotopic (exact) mass is 201 g/mol. The van der Waals surface area contributed by atoms with Crippen LogP contribution in [0.3, 0.4) is 0 Å². The first kappa shape index (κ1) is 8.98. The molecule has 1 atom stereocenters. The molecule has 3 rings (SSSR count). The number of rotatable bonds is 0. The number of ether oxygens (including phenoxy) is 1. The Morgan fingerprint density at radius 2 is 2.33 bits per heavy atom. The standard InChI is InChI=1S/C13H15NO/c1-9-5-11-8-14-7-10-3-2-4-15-12(6-9)13(10)11/h2,4-6,10,14H,3,7-8H2,1H3. The Morgan fingerprint density at radius 3 is 3.27 bits per heavy atom. The van der Waals surface area contributed by atoms with E-state index in [9.17, 15) is 0 Å². The molecule has 0 saturated carbocycles. The van der Waals surface area contributed by atoms with Crippen LogP contribution < -0.4 is 10.1 Å². The van der Waals surface area contributed by atoms with E-state index in [0.717, 1.165) is 25.3 Å². The second kappa shape index (κ2) is 3.38. The molecule has 2 aliphatic heterocycles. The molecule has 78 valence electrons. The molecule has 2 aliphatic rings. The summed E-state index contributed by atoms with van der Waals surface area (Å²) in [7, 11) is 0. The van der Waals surface area contributed by atoms with Crippen LogP contribution in [-0.2, 0) is 6.54 Å². The van der Waals surface area contributed by atoms with Gasteiger partial charge in [-0.05, 0) is 36.6 Å². The quantitative estimate of drug-likeness (QED) is 0.696. The fourth-order valence-electron chi connectivity index (χ4n) is 2.57. The molecular formula is C13H15NO.